The number of hydrogen-bond acceptors (Lipinski definition) is 4. The normalized spacial score (nSPS) is 36.9. The van der Waals surface area contributed by atoms with Crippen LogP contribution in [0.3, 0.4) is 0 Å². The van der Waals surface area contributed by atoms with Crippen LogP contribution in [0.5, 0.6) is 0 Å². The van der Waals surface area contributed by atoms with E-state index in [2.05, 4.69) is 29.2 Å². The van der Waals surface area contributed by atoms with E-state index >= 15 is 0 Å². The van der Waals surface area contributed by atoms with Crippen molar-refractivity contribution in [3.8, 4) is 0 Å². The molecule has 0 aromatic heterocycles. The Morgan fingerprint density at radius 2 is 2.47 bits per heavy atom. The lowest BCUT2D eigenvalue weighted by atomic mass is 9.96. The van der Waals surface area contributed by atoms with Crippen molar-refractivity contribution in [3.63, 3.8) is 0 Å². The third-order valence-corrected chi connectivity index (χ3v) is 3.16. The highest BCUT2D eigenvalue weighted by Gasteiger charge is 2.29. The smallest absolute Gasteiger partial charge is 0.118 e. The maximum absolute atomic E-state index is 5.61. The van der Waals surface area contributed by atoms with Crippen LogP contribution in [0.25, 0.3) is 0 Å². The van der Waals surface area contributed by atoms with E-state index in [9.17, 15) is 0 Å². The highest BCUT2D eigenvalue weighted by atomic mass is 15.2. The molecule has 0 spiro atoms. The van der Waals surface area contributed by atoms with Gasteiger partial charge in [-0.1, -0.05) is 0 Å². The summed E-state index contributed by atoms with van der Waals surface area (Å²) in [7, 11) is 2.16. The van der Waals surface area contributed by atoms with Gasteiger partial charge in [0.25, 0.3) is 0 Å². The number of likely N-dealkylation sites (tertiary alicyclic amines) is 1. The topological polar surface area (TPSA) is 53.6 Å². The van der Waals surface area contributed by atoms with E-state index < -0.39 is 0 Å². The van der Waals surface area contributed by atoms with Crippen molar-refractivity contribution >= 4 is 6.21 Å². The van der Waals surface area contributed by atoms with Crippen LogP contribution >= 0.6 is 0 Å². The van der Waals surface area contributed by atoms with Crippen molar-refractivity contribution in [2.45, 2.75) is 31.3 Å². The van der Waals surface area contributed by atoms with Gasteiger partial charge in [-0.05, 0) is 39.4 Å². The Morgan fingerprint density at radius 1 is 1.67 bits per heavy atom. The second-order valence-corrected chi connectivity index (χ2v) is 4.90. The summed E-state index contributed by atoms with van der Waals surface area (Å²) in [6.45, 7) is 4.49. The first-order valence-electron chi connectivity index (χ1n) is 5.54. The van der Waals surface area contributed by atoms with Crippen LogP contribution in [0.15, 0.2) is 16.9 Å². The van der Waals surface area contributed by atoms with Crippen LogP contribution in [0, 0.1) is 0 Å². The van der Waals surface area contributed by atoms with Crippen LogP contribution in [0.1, 0.15) is 19.8 Å². The maximum atomic E-state index is 5.61. The lowest BCUT2D eigenvalue weighted by Gasteiger charge is -2.31. The zero-order valence-electron chi connectivity index (χ0n) is 9.53. The quantitative estimate of drug-likeness (QED) is 0.687. The fraction of sp³-hybridized carbons (Fsp3) is 0.727. The highest BCUT2D eigenvalue weighted by molar-refractivity contribution is 5.72. The summed E-state index contributed by atoms with van der Waals surface area (Å²) < 4.78 is 0. The van der Waals surface area contributed by atoms with Crippen molar-refractivity contribution < 1.29 is 0 Å². The summed E-state index contributed by atoms with van der Waals surface area (Å²) in [6, 6.07) is 0.583. The van der Waals surface area contributed by atoms with Crippen molar-refractivity contribution in [2.75, 3.05) is 20.1 Å². The molecule has 4 nitrogen and oxygen atoms in total. The molecule has 2 heterocycles. The molecule has 0 radical (unpaired) electrons. The van der Waals surface area contributed by atoms with Gasteiger partial charge in [-0.3, -0.25) is 0 Å². The Balaban J connectivity index is 1.92. The maximum Gasteiger partial charge on any atom is 0.118 e. The van der Waals surface area contributed by atoms with Crippen molar-refractivity contribution in [1.82, 2.24) is 10.2 Å². The van der Waals surface area contributed by atoms with Crippen LogP contribution < -0.4 is 11.1 Å². The van der Waals surface area contributed by atoms with Gasteiger partial charge in [0, 0.05) is 18.8 Å². The summed E-state index contributed by atoms with van der Waals surface area (Å²) in [5.41, 5.74) is 5.60. The third kappa shape index (κ3) is 2.58. The Morgan fingerprint density at radius 3 is 3.00 bits per heavy atom. The van der Waals surface area contributed by atoms with E-state index in [1.165, 1.54) is 13.0 Å². The Bertz CT molecular complexity index is 297. The molecule has 3 N–H and O–H groups in total. The molecular weight excluding hydrogens is 188 g/mol. The van der Waals surface area contributed by atoms with Crippen molar-refractivity contribution in [2.24, 2.45) is 10.7 Å². The van der Waals surface area contributed by atoms with E-state index in [1.54, 1.807) is 0 Å². The molecule has 84 valence electrons. The van der Waals surface area contributed by atoms with E-state index in [4.69, 9.17) is 5.73 Å². The molecular formula is C11H20N4. The van der Waals surface area contributed by atoms with Gasteiger partial charge in [-0.25, -0.2) is 4.99 Å². The molecule has 2 rings (SSSR count). The van der Waals surface area contributed by atoms with E-state index in [0.717, 1.165) is 13.0 Å². The molecule has 4 heteroatoms. The Kier molecular flexibility index (Phi) is 2.80. The molecule has 0 bridgehead atoms. The first-order chi connectivity index (χ1) is 7.07. The number of rotatable bonds is 2. The standard InChI is InChI=1S/C11H20N4/c1-11(5-3-10(12)13-8-11)14-9-4-6-15(2)7-9/h3,8-9,14H,4-7,12H2,1-2H3. The number of nitrogens with one attached hydrogen (secondary N) is 1. The molecule has 2 unspecified atom stereocenters. The van der Waals surface area contributed by atoms with Gasteiger partial charge in [0.2, 0.25) is 0 Å². The zero-order chi connectivity index (χ0) is 10.9. The van der Waals surface area contributed by atoms with Crippen LogP contribution in [0.4, 0.5) is 0 Å². The predicted molar refractivity (Wildman–Crippen MR) is 62.8 cm³/mol. The van der Waals surface area contributed by atoms with Gasteiger partial charge in [-0.15, -0.1) is 0 Å². The number of aliphatic imine (C=N–C) groups is 1. The molecule has 0 aliphatic carbocycles. The fourth-order valence-electron chi connectivity index (χ4n) is 2.25. The second-order valence-electron chi connectivity index (χ2n) is 4.90. The van der Waals surface area contributed by atoms with Crippen LogP contribution in [-0.2, 0) is 0 Å². The molecule has 0 aromatic rings. The minimum Gasteiger partial charge on any atom is -0.384 e. The largest absolute Gasteiger partial charge is 0.384 e. The zero-order valence-corrected chi connectivity index (χ0v) is 9.53. The predicted octanol–water partition coefficient (Wildman–Crippen LogP) is 0.313. The highest BCUT2D eigenvalue weighted by Crippen LogP contribution is 2.17. The third-order valence-electron chi connectivity index (χ3n) is 3.16. The van der Waals surface area contributed by atoms with E-state index in [0.29, 0.717) is 11.9 Å². The van der Waals surface area contributed by atoms with Gasteiger partial charge >= 0.3 is 0 Å². The first-order valence-corrected chi connectivity index (χ1v) is 5.54. The van der Waals surface area contributed by atoms with E-state index in [-0.39, 0.29) is 5.54 Å². The molecule has 0 aromatic carbocycles. The monoisotopic (exact) mass is 208 g/mol. The molecule has 1 fully saturated rings. The second kappa shape index (κ2) is 3.94. The van der Waals surface area contributed by atoms with E-state index in [1.807, 2.05) is 12.3 Å². The average molecular weight is 208 g/mol. The molecule has 2 atom stereocenters. The van der Waals surface area contributed by atoms with Crippen LogP contribution in [-0.4, -0.2) is 42.8 Å². The van der Waals surface area contributed by atoms with Crippen molar-refractivity contribution in [3.05, 3.63) is 11.9 Å². The van der Waals surface area contributed by atoms with Gasteiger partial charge in [0.15, 0.2) is 0 Å². The Hall–Kier alpha value is -0.870. The minimum absolute atomic E-state index is 0.0152. The average Bonchev–Trinajstić information content (AvgIpc) is 2.57. The number of likely N-dealkylation sites (N-methyl/N-ethyl adjacent to an activating group) is 1. The van der Waals surface area contributed by atoms with Gasteiger partial charge in [0.1, 0.15) is 5.82 Å². The summed E-state index contributed by atoms with van der Waals surface area (Å²) in [5.74, 6) is 0.637. The van der Waals surface area contributed by atoms with Crippen LogP contribution in [0.2, 0.25) is 0 Å². The lowest BCUT2D eigenvalue weighted by Crippen LogP contribution is -2.50. The number of nitrogens with zero attached hydrogens (tertiary/aromatic N) is 2. The molecule has 2 aliphatic heterocycles. The molecule has 1 saturated heterocycles. The molecule has 0 amide bonds. The van der Waals surface area contributed by atoms with Gasteiger partial charge < -0.3 is 16.0 Å². The first kappa shape index (κ1) is 10.6. The minimum atomic E-state index is -0.0152. The number of hydrogen-bond donors (Lipinski definition) is 2. The van der Waals surface area contributed by atoms with Crippen molar-refractivity contribution in [1.29, 1.82) is 0 Å². The van der Waals surface area contributed by atoms with Gasteiger partial charge in [0.05, 0.1) is 5.54 Å². The lowest BCUT2D eigenvalue weighted by molar-refractivity contribution is 0.365. The number of nitrogens with two attached hydrogens (primary N) is 1. The summed E-state index contributed by atoms with van der Waals surface area (Å²) >= 11 is 0. The molecule has 2 aliphatic rings. The van der Waals surface area contributed by atoms with Gasteiger partial charge in [-0.2, -0.15) is 0 Å². The molecule has 0 saturated carbocycles. The summed E-state index contributed by atoms with van der Waals surface area (Å²) in [4.78, 5) is 6.53. The SMILES string of the molecule is CN1CCC(NC2(C)C=NC(N)=CC2)C1. The fourth-order valence-corrected chi connectivity index (χ4v) is 2.25. The molecule has 15 heavy (non-hydrogen) atoms. The summed E-state index contributed by atoms with van der Waals surface area (Å²) in [6.07, 6.45) is 6.09. The Labute approximate surface area is 91.2 Å². The summed E-state index contributed by atoms with van der Waals surface area (Å²) in [5, 5.41) is 3.65.